The second-order valence-electron chi connectivity index (χ2n) is 14.7. The van der Waals surface area contributed by atoms with Crippen molar-refractivity contribution in [3.8, 4) is 0 Å². The maximum atomic E-state index is 12.7. The van der Waals surface area contributed by atoms with Crippen molar-refractivity contribution >= 4 is 23.4 Å². The van der Waals surface area contributed by atoms with E-state index in [9.17, 15) is 8.42 Å². The first kappa shape index (κ1) is 24.2. The summed E-state index contributed by atoms with van der Waals surface area (Å²) in [6.45, 7) is 2.43. The first-order valence-electron chi connectivity index (χ1n) is 15.2. The molecule has 8 saturated carbocycles. The molecule has 1 aromatic rings. The zero-order chi connectivity index (χ0) is 25.0. The summed E-state index contributed by atoms with van der Waals surface area (Å²) in [6, 6.07) is 7.72. The van der Waals surface area contributed by atoms with Gasteiger partial charge in [0.15, 0.2) is 9.84 Å². The second kappa shape index (κ2) is 8.43. The van der Waals surface area contributed by atoms with Gasteiger partial charge in [-0.3, -0.25) is 0 Å². The molecular weight excluding hydrogens is 497 g/mol. The van der Waals surface area contributed by atoms with Crippen molar-refractivity contribution in [2.24, 2.45) is 35.5 Å². The molecule has 202 valence electrons. The summed E-state index contributed by atoms with van der Waals surface area (Å²) in [7, 11) is -3.57. The monoisotopic (exact) mass is 541 g/mol. The Morgan fingerprint density at radius 2 is 1.24 bits per heavy atom. The summed E-state index contributed by atoms with van der Waals surface area (Å²) >= 11 is 0. The molecule has 1 heterocycles. The molecule has 9 aliphatic rings. The Kier molecular flexibility index (Phi) is 5.51. The van der Waals surface area contributed by atoms with Crippen LogP contribution in [0.3, 0.4) is 0 Å². The molecule has 1 saturated heterocycles. The SMILES string of the molecule is CS(=O)(=O)c1ccccc1N1CCOC(P(C23CC4CC(CC(C4)C2)C3)C23CC4CC(CC(C4)C2)C3)C1. The number of morpholine rings is 1. The van der Waals surface area contributed by atoms with Gasteiger partial charge in [0, 0.05) is 19.3 Å². The van der Waals surface area contributed by atoms with Crippen LogP contribution in [0.1, 0.15) is 77.0 Å². The number of rotatable bonds is 5. The van der Waals surface area contributed by atoms with E-state index in [0.29, 0.717) is 21.1 Å². The van der Waals surface area contributed by atoms with Crippen LogP contribution in [0.25, 0.3) is 0 Å². The van der Waals surface area contributed by atoms with Crippen LogP contribution in [0.4, 0.5) is 5.69 Å². The van der Waals surface area contributed by atoms with Crippen molar-refractivity contribution in [3.05, 3.63) is 24.3 Å². The van der Waals surface area contributed by atoms with E-state index >= 15 is 0 Å². The van der Waals surface area contributed by atoms with Crippen molar-refractivity contribution in [2.75, 3.05) is 30.9 Å². The molecule has 9 fully saturated rings. The standard InChI is InChI=1S/C31H44NO3PS/c1-37(33,34)28-5-3-2-4-27(28)32-6-7-35-29(20-32)36(30-14-21-8-22(15-30)10-23(9-21)16-30)31-17-24-11-25(18-31)13-26(12-24)19-31/h2-5,21-26,29H,6-20H2,1H3. The average molecular weight is 542 g/mol. The molecule has 1 unspecified atom stereocenters. The number of ether oxygens (including phenoxy) is 1. The molecule has 1 aliphatic heterocycles. The molecule has 0 radical (unpaired) electrons. The number of para-hydroxylation sites is 1. The first-order chi connectivity index (χ1) is 17.8. The fraction of sp³-hybridized carbons (Fsp3) is 0.806. The highest BCUT2D eigenvalue weighted by atomic mass is 32.2. The highest BCUT2D eigenvalue weighted by Gasteiger charge is 2.64. The van der Waals surface area contributed by atoms with Gasteiger partial charge in [-0.1, -0.05) is 20.1 Å². The van der Waals surface area contributed by atoms with Gasteiger partial charge < -0.3 is 9.64 Å². The van der Waals surface area contributed by atoms with Crippen LogP contribution < -0.4 is 4.90 Å². The molecule has 8 aliphatic carbocycles. The van der Waals surface area contributed by atoms with E-state index in [2.05, 4.69) is 4.90 Å². The number of benzene rings is 1. The molecule has 37 heavy (non-hydrogen) atoms. The van der Waals surface area contributed by atoms with E-state index in [1.165, 1.54) is 83.3 Å². The predicted molar refractivity (Wildman–Crippen MR) is 150 cm³/mol. The molecule has 8 bridgehead atoms. The minimum Gasteiger partial charge on any atom is -0.370 e. The second-order valence-corrected chi connectivity index (χ2v) is 19.9. The van der Waals surface area contributed by atoms with Crippen LogP contribution in [0.2, 0.25) is 0 Å². The molecule has 10 rings (SSSR count). The lowest BCUT2D eigenvalue weighted by molar-refractivity contribution is 0.00975. The molecule has 0 N–H and O–H groups in total. The lowest BCUT2D eigenvalue weighted by Gasteiger charge is -2.69. The molecule has 4 nitrogen and oxygen atoms in total. The zero-order valence-corrected chi connectivity index (χ0v) is 24.2. The largest absolute Gasteiger partial charge is 0.370 e. The molecule has 0 spiro atoms. The third kappa shape index (κ3) is 3.91. The Labute approximate surface area is 225 Å². The number of hydrogen-bond acceptors (Lipinski definition) is 4. The Morgan fingerprint density at radius 3 is 1.70 bits per heavy atom. The predicted octanol–water partition coefficient (Wildman–Crippen LogP) is 6.67. The molecule has 0 aromatic heterocycles. The maximum Gasteiger partial charge on any atom is 0.177 e. The lowest BCUT2D eigenvalue weighted by Crippen LogP contribution is -2.59. The van der Waals surface area contributed by atoms with Gasteiger partial charge in [-0.05, 0) is 135 Å². The third-order valence-electron chi connectivity index (χ3n) is 12.0. The Balaban J connectivity index is 1.19. The van der Waals surface area contributed by atoms with Gasteiger partial charge in [-0.2, -0.15) is 0 Å². The van der Waals surface area contributed by atoms with Crippen LogP contribution in [0.5, 0.6) is 0 Å². The van der Waals surface area contributed by atoms with Gasteiger partial charge in [0.2, 0.25) is 0 Å². The highest BCUT2D eigenvalue weighted by molar-refractivity contribution is 7.90. The smallest absolute Gasteiger partial charge is 0.177 e. The minimum absolute atomic E-state index is 0.295. The van der Waals surface area contributed by atoms with Gasteiger partial charge >= 0.3 is 0 Å². The van der Waals surface area contributed by atoms with Crippen molar-refractivity contribution in [1.29, 1.82) is 0 Å². The normalized spacial score (nSPS) is 46.9. The van der Waals surface area contributed by atoms with E-state index in [0.717, 1.165) is 60.9 Å². The summed E-state index contributed by atoms with van der Waals surface area (Å²) in [4.78, 5) is 2.89. The summed E-state index contributed by atoms with van der Waals surface area (Å²) in [5.74, 6) is 6.11. The lowest BCUT2D eigenvalue weighted by atomic mass is 9.55. The molecule has 1 aromatic carbocycles. The fourth-order valence-corrected chi connectivity index (χ4v) is 18.3. The van der Waals surface area contributed by atoms with Crippen molar-refractivity contribution in [3.63, 3.8) is 0 Å². The average Bonchev–Trinajstić information content (AvgIpc) is 2.82. The van der Waals surface area contributed by atoms with Crippen molar-refractivity contribution in [2.45, 2.75) is 98.1 Å². The Hall–Kier alpha value is -0.640. The van der Waals surface area contributed by atoms with Gasteiger partial charge in [-0.15, -0.1) is 0 Å². The summed E-state index contributed by atoms with van der Waals surface area (Å²) in [6.07, 6.45) is 19.2. The summed E-state index contributed by atoms with van der Waals surface area (Å²) in [5, 5.41) is 1.06. The highest BCUT2D eigenvalue weighted by Crippen LogP contribution is 2.80. The minimum atomic E-state index is -3.27. The van der Waals surface area contributed by atoms with Crippen molar-refractivity contribution < 1.29 is 13.2 Å². The first-order valence-corrected chi connectivity index (χ1v) is 18.5. The van der Waals surface area contributed by atoms with E-state index < -0.39 is 9.84 Å². The van der Waals surface area contributed by atoms with Gasteiger partial charge in [0.1, 0.15) is 0 Å². The van der Waals surface area contributed by atoms with Crippen LogP contribution in [0.15, 0.2) is 29.2 Å². The number of nitrogens with zero attached hydrogens (tertiary/aromatic N) is 1. The van der Waals surface area contributed by atoms with E-state index in [1.54, 1.807) is 6.07 Å². The maximum absolute atomic E-state index is 12.7. The number of anilines is 1. The fourth-order valence-electron chi connectivity index (χ4n) is 11.9. The molecule has 0 amide bonds. The van der Waals surface area contributed by atoms with Crippen LogP contribution in [-0.4, -0.2) is 50.5 Å². The number of hydrogen-bond donors (Lipinski definition) is 0. The quantitative estimate of drug-likeness (QED) is 0.391. The molecule has 6 heteroatoms. The molecular formula is C31H44NO3PS. The van der Waals surface area contributed by atoms with Crippen molar-refractivity contribution in [1.82, 2.24) is 0 Å². The van der Waals surface area contributed by atoms with Gasteiger partial charge in [-0.25, -0.2) is 8.42 Å². The van der Waals surface area contributed by atoms with Crippen LogP contribution in [-0.2, 0) is 14.6 Å². The third-order valence-corrected chi connectivity index (χ3v) is 17.1. The Morgan fingerprint density at radius 1 is 0.784 bits per heavy atom. The van der Waals surface area contributed by atoms with Crippen LogP contribution >= 0.6 is 7.92 Å². The summed E-state index contributed by atoms with van der Waals surface area (Å²) < 4.78 is 32.4. The van der Waals surface area contributed by atoms with E-state index in [4.69, 9.17) is 4.74 Å². The molecule has 1 atom stereocenters. The van der Waals surface area contributed by atoms with Gasteiger partial charge in [0.05, 0.1) is 23.0 Å². The van der Waals surface area contributed by atoms with E-state index in [1.807, 2.05) is 18.2 Å². The van der Waals surface area contributed by atoms with Gasteiger partial charge in [0.25, 0.3) is 0 Å². The van der Waals surface area contributed by atoms with Crippen LogP contribution in [0, 0.1) is 35.5 Å². The topological polar surface area (TPSA) is 46.6 Å². The Bertz CT molecular complexity index is 1070. The van der Waals surface area contributed by atoms with E-state index in [-0.39, 0.29) is 7.92 Å². The zero-order valence-electron chi connectivity index (χ0n) is 22.5. The number of sulfone groups is 1. The summed E-state index contributed by atoms with van der Waals surface area (Å²) in [5.41, 5.74) is 0.907.